The molecule has 1 aromatic rings. The van der Waals surface area contributed by atoms with Gasteiger partial charge in [-0.15, -0.1) is 0 Å². The van der Waals surface area contributed by atoms with Gasteiger partial charge in [0.1, 0.15) is 17.1 Å². The van der Waals surface area contributed by atoms with E-state index in [0.29, 0.717) is 5.75 Å². The van der Waals surface area contributed by atoms with Gasteiger partial charge in [0.25, 0.3) is 0 Å². The Balaban J connectivity index is 1.66. The van der Waals surface area contributed by atoms with Crippen LogP contribution < -0.4 is 9.47 Å². The van der Waals surface area contributed by atoms with E-state index in [-0.39, 0.29) is 11.6 Å². The Labute approximate surface area is 191 Å². The molecular formula is C28H46O3. The van der Waals surface area contributed by atoms with Crippen molar-refractivity contribution in [3.63, 3.8) is 0 Å². The quantitative estimate of drug-likeness (QED) is 0.234. The number of aryl methyl sites for hydroxylation is 1. The molecule has 1 aliphatic rings. The van der Waals surface area contributed by atoms with Crippen molar-refractivity contribution in [1.29, 1.82) is 0 Å². The van der Waals surface area contributed by atoms with E-state index in [2.05, 4.69) is 34.6 Å². The van der Waals surface area contributed by atoms with E-state index in [0.717, 1.165) is 48.3 Å². The second kappa shape index (κ2) is 12.5. The van der Waals surface area contributed by atoms with E-state index in [1.807, 2.05) is 18.2 Å². The fourth-order valence-electron chi connectivity index (χ4n) is 4.77. The van der Waals surface area contributed by atoms with Crippen molar-refractivity contribution in [2.75, 3.05) is 0 Å². The molecule has 0 saturated heterocycles. The van der Waals surface area contributed by atoms with Crippen molar-refractivity contribution in [3.8, 4) is 11.5 Å². The third kappa shape index (κ3) is 9.66. The molecule has 3 nitrogen and oxygen atoms in total. The Morgan fingerprint density at radius 3 is 2.23 bits per heavy atom. The highest BCUT2D eigenvalue weighted by molar-refractivity contribution is 5.69. The molecule has 31 heavy (non-hydrogen) atoms. The van der Waals surface area contributed by atoms with Crippen LogP contribution in [0.3, 0.4) is 0 Å². The molecule has 0 aliphatic carbocycles. The summed E-state index contributed by atoms with van der Waals surface area (Å²) in [5.41, 5.74) is 1.06. The van der Waals surface area contributed by atoms with E-state index in [1.54, 1.807) is 0 Å². The molecule has 0 bridgehead atoms. The molecule has 0 fully saturated rings. The van der Waals surface area contributed by atoms with Crippen LogP contribution in [0.2, 0.25) is 0 Å². The normalized spacial score (nSPS) is 20.1. The minimum absolute atomic E-state index is 0.0827. The summed E-state index contributed by atoms with van der Waals surface area (Å²) in [6, 6.07) is 5.73. The second-order valence-corrected chi connectivity index (χ2v) is 10.8. The average Bonchev–Trinajstić information content (AvgIpc) is 2.67. The summed E-state index contributed by atoms with van der Waals surface area (Å²) in [6.07, 6.45) is 13.9. The van der Waals surface area contributed by atoms with Crippen LogP contribution in [0.25, 0.3) is 0 Å². The van der Waals surface area contributed by atoms with E-state index < -0.39 is 0 Å². The SMILES string of the molecule is CC(=O)Oc1ccc2c(c1)CC[C@@](C)(CCC[C@H](C)CCC[C@H](C)CCCC(C)C)O2. The van der Waals surface area contributed by atoms with E-state index in [1.165, 1.54) is 58.3 Å². The zero-order chi connectivity index (χ0) is 22.9. The van der Waals surface area contributed by atoms with Crippen LogP contribution in [0.15, 0.2) is 18.2 Å². The van der Waals surface area contributed by atoms with Crippen molar-refractivity contribution in [2.45, 2.75) is 118 Å². The van der Waals surface area contributed by atoms with Crippen molar-refractivity contribution >= 4 is 5.97 Å². The highest BCUT2D eigenvalue weighted by Gasteiger charge is 2.31. The molecule has 176 valence electrons. The maximum Gasteiger partial charge on any atom is 0.308 e. The Morgan fingerprint density at radius 1 is 1.00 bits per heavy atom. The van der Waals surface area contributed by atoms with Crippen LogP contribution in [-0.2, 0) is 11.2 Å². The van der Waals surface area contributed by atoms with Gasteiger partial charge in [0.05, 0.1) is 0 Å². The molecular weight excluding hydrogens is 384 g/mol. The first-order chi connectivity index (χ1) is 14.7. The summed E-state index contributed by atoms with van der Waals surface area (Å²) in [4.78, 5) is 11.2. The summed E-state index contributed by atoms with van der Waals surface area (Å²) in [5.74, 6) is 3.80. The van der Waals surface area contributed by atoms with Crippen LogP contribution in [0.4, 0.5) is 0 Å². The number of carbonyl (C=O) groups is 1. The summed E-state index contributed by atoms with van der Waals surface area (Å²) in [6.45, 7) is 13.2. The smallest absolute Gasteiger partial charge is 0.308 e. The molecule has 1 aromatic carbocycles. The van der Waals surface area contributed by atoms with E-state index in [4.69, 9.17) is 9.47 Å². The van der Waals surface area contributed by atoms with Crippen molar-refractivity contribution in [3.05, 3.63) is 23.8 Å². The van der Waals surface area contributed by atoms with Gasteiger partial charge < -0.3 is 9.47 Å². The van der Waals surface area contributed by atoms with Gasteiger partial charge in [0.2, 0.25) is 0 Å². The van der Waals surface area contributed by atoms with Crippen LogP contribution in [-0.4, -0.2) is 11.6 Å². The maximum absolute atomic E-state index is 11.2. The molecule has 0 radical (unpaired) electrons. The number of fused-ring (bicyclic) bond motifs is 1. The molecule has 0 unspecified atom stereocenters. The van der Waals surface area contributed by atoms with Crippen LogP contribution in [0, 0.1) is 17.8 Å². The van der Waals surface area contributed by atoms with E-state index in [9.17, 15) is 4.79 Å². The Kier molecular flexibility index (Phi) is 10.4. The molecule has 0 N–H and O–H groups in total. The van der Waals surface area contributed by atoms with Crippen molar-refractivity contribution < 1.29 is 14.3 Å². The topological polar surface area (TPSA) is 35.5 Å². The van der Waals surface area contributed by atoms with Gasteiger partial charge in [0, 0.05) is 6.92 Å². The second-order valence-electron chi connectivity index (χ2n) is 10.8. The summed E-state index contributed by atoms with van der Waals surface area (Å²) in [7, 11) is 0. The Morgan fingerprint density at radius 2 is 1.61 bits per heavy atom. The molecule has 3 atom stereocenters. The molecule has 0 saturated carbocycles. The fourth-order valence-corrected chi connectivity index (χ4v) is 4.77. The maximum atomic E-state index is 11.2. The number of hydrogen-bond acceptors (Lipinski definition) is 3. The first kappa shape index (κ1) is 25.7. The van der Waals surface area contributed by atoms with Crippen LogP contribution >= 0.6 is 0 Å². The van der Waals surface area contributed by atoms with Gasteiger partial charge in [-0.25, -0.2) is 0 Å². The largest absolute Gasteiger partial charge is 0.487 e. The average molecular weight is 431 g/mol. The number of benzene rings is 1. The Bertz CT molecular complexity index is 681. The molecule has 0 spiro atoms. The lowest BCUT2D eigenvalue weighted by Crippen LogP contribution is -2.36. The fraction of sp³-hybridized carbons (Fsp3) is 0.750. The number of hydrogen-bond donors (Lipinski definition) is 0. The summed E-state index contributed by atoms with van der Waals surface area (Å²) in [5, 5.41) is 0. The Hall–Kier alpha value is -1.51. The first-order valence-corrected chi connectivity index (χ1v) is 12.7. The molecule has 1 aliphatic heterocycles. The zero-order valence-electron chi connectivity index (χ0n) is 21.0. The molecule has 0 amide bonds. The molecule has 0 aromatic heterocycles. The lowest BCUT2D eigenvalue weighted by atomic mass is 9.86. The lowest BCUT2D eigenvalue weighted by Gasteiger charge is -2.36. The standard InChI is InChI=1S/C28H46O3/c1-21(2)10-7-11-22(3)12-8-13-23(4)14-9-18-28(6)19-17-25-20-26(30-24(5)29)15-16-27(25)31-28/h15-16,20-23H,7-14,17-19H2,1-6H3/t22-,23-,28-/m1/s1. The van der Waals surface area contributed by atoms with Gasteiger partial charge in [-0.2, -0.15) is 0 Å². The zero-order valence-corrected chi connectivity index (χ0v) is 21.0. The number of ether oxygens (including phenoxy) is 2. The predicted molar refractivity (Wildman–Crippen MR) is 130 cm³/mol. The molecule has 2 rings (SSSR count). The molecule has 3 heteroatoms. The summed E-state index contributed by atoms with van der Waals surface area (Å²) >= 11 is 0. The third-order valence-corrected chi connectivity index (χ3v) is 6.85. The molecule has 1 heterocycles. The van der Waals surface area contributed by atoms with Gasteiger partial charge in [0.15, 0.2) is 0 Å². The number of esters is 1. The van der Waals surface area contributed by atoms with E-state index >= 15 is 0 Å². The monoisotopic (exact) mass is 430 g/mol. The minimum Gasteiger partial charge on any atom is -0.487 e. The minimum atomic E-state index is -0.281. The van der Waals surface area contributed by atoms with Crippen molar-refractivity contribution in [1.82, 2.24) is 0 Å². The lowest BCUT2D eigenvalue weighted by molar-refractivity contribution is -0.131. The van der Waals surface area contributed by atoms with Crippen LogP contribution in [0.1, 0.15) is 111 Å². The van der Waals surface area contributed by atoms with Crippen LogP contribution in [0.5, 0.6) is 11.5 Å². The highest BCUT2D eigenvalue weighted by atomic mass is 16.5. The number of carbonyl (C=O) groups excluding carboxylic acids is 1. The van der Waals surface area contributed by atoms with Gasteiger partial charge >= 0.3 is 5.97 Å². The third-order valence-electron chi connectivity index (χ3n) is 6.85. The predicted octanol–water partition coefficient (Wildman–Crippen LogP) is 8.13. The van der Waals surface area contributed by atoms with Crippen molar-refractivity contribution in [2.24, 2.45) is 17.8 Å². The van der Waals surface area contributed by atoms with Gasteiger partial charge in [-0.05, 0) is 74.1 Å². The highest BCUT2D eigenvalue weighted by Crippen LogP contribution is 2.38. The van der Waals surface area contributed by atoms with Gasteiger partial charge in [-0.3, -0.25) is 4.79 Å². The van der Waals surface area contributed by atoms with Gasteiger partial charge in [-0.1, -0.05) is 72.6 Å². The number of rotatable bonds is 13. The summed E-state index contributed by atoms with van der Waals surface area (Å²) < 4.78 is 11.6. The first-order valence-electron chi connectivity index (χ1n) is 12.7.